The van der Waals surface area contributed by atoms with Gasteiger partial charge >= 0.3 is 0 Å². The van der Waals surface area contributed by atoms with Gasteiger partial charge in [0.05, 0.1) is 18.1 Å². The molecule has 0 saturated carbocycles. The summed E-state index contributed by atoms with van der Waals surface area (Å²) in [6.07, 6.45) is 5.14. The number of rotatable bonds is 2. The molecule has 1 unspecified atom stereocenters. The van der Waals surface area contributed by atoms with Gasteiger partial charge in [-0.2, -0.15) is 9.80 Å². The summed E-state index contributed by atoms with van der Waals surface area (Å²) in [5.74, 6) is 1.73. The summed E-state index contributed by atoms with van der Waals surface area (Å²) in [6.45, 7) is 2.85. The Balaban J connectivity index is 1.51. The highest BCUT2D eigenvalue weighted by atomic mass is 19.2. The third-order valence-electron chi connectivity index (χ3n) is 5.58. The number of halogens is 1. The fraction of sp³-hybridized carbons (Fsp3) is 0.333. The number of ether oxygens (including phenoxy) is 1. The number of hydrogen-bond donors (Lipinski definition) is 0. The van der Waals surface area contributed by atoms with Crippen LogP contribution < -0.4 is 4.90 Å². The Bertz CT molecular complexity index is 1110. The van der Waals surface area contributed by atoms with E-state index in [0.29, 0.717) is 29.3 Å². The molecule has 0 N–H and O–H groups in total. The van der Waals surface area contributed by atoms with Crippen LogP contribution in [-0.4, -0.2) is 48.2 Å². The summed E-state index contributed by atoms with van der Waals surface area (Å²) in [5, 5.41) is 17.9. The number of aromatic nitrogens is 6. The van der Waals surface area contributed by atoms with Crippen molar-refractivity contribution in [1.82, 2.24) is 34.9 Å². The Kier molecular flexibility index (Phi) is 3.03. The van der Waals surface area contributed by atoms with Crippen molar-refractivity contribution in [2.24, 2.45) is 0 Å². The lowest BCUT2D eigenvalue weighted by molar-refractivity contribution is 0.0131. The van der Waals surface area contributed by atoms with E-state index in [-0.39, 0.29) is 6.67 Å². The molecule has 3 aliphatic heterocycles. The van der Waals surface area contributed by atoms with Gasteiger partial charge in [0.2, 0.25) is 0 Å². The van der Waals surface area contributed by atoms with Crippen LogP contribution in [0.4, 0.5) is 10.2 Å². The molecule has 0 radical (unpaired) electrons. The fourth-order valence-corrected chi connectivity index (χ4v) is 4.11. The standard InChI is InChI=1S/C18H17FN8O/c1-18(7-4-8-28-18)14-9-26(23-20-14)17-22-21-16-12-5-2-3-6-13(12)25-11-24(19)10-15(25)27(16)17/h2-3,5-6,9-10H,4,7-8,11H2,1H3. The summed E-state index contributed by atoms with van der Waals surface area (Å²) in [5.41, 5.74) is 2.10. The highest BCUT2D eigenvalue weighted by Crippen LogP contribution is 2.42. The van der Waals surface area contributed by atoms with E-state index in [2.05, 4.69) is 20.5 Å². The minimum atomic E-state index is -0.440. The van der Waals surface area contributed by atoms with Gasteiger partial charge in [-0.1, -0.05) is 21.8 Å². The van der Waals surface area contributed by atoms with Crippen molar-refractivity contribution < 1.29 is 9.22 Å². The van der Waals surface area contributed by atoms with E-state index in [1.165, 1.54) is 6.20 Å². The minimum Gasteiger partial charge on any atom is -0.369 e. The predicted octanol–water partition coefficient (Wildman–Crippen LogP) is 2.28. The van der Waals surface area contributed by atoms with Gasteiger partial charge in [0.1, 0.15) is 23.8 Å². The summed E-state index contributed by atoms with van der Waals surface area (Å²) >= 11 is 0. The van der Waals surface area contributed by atoms with Crippen LogP contribution in [0.25, 0.3) is 23.2 Å². The highest BCUT2D eigenvalue weighted by molar-refractivity contribution is 5.89. The lowest BCUT2D eigenvalue weighted by Gasteiger charge is -2.29. The molecular formula is C18H17FN8O. The molecule has 142 valence electrons. The summed E-state index contributed by atoms with van der Waals surface area (Å²) in [7, 11) is 0. The van der Waals surface area contributed by atoms with Gasteiger partial charge in [-0.25, -0.2) is 4.57 Å². The molecule has 0 aliphatic carbocycles. The van der Waals surface area contributed by atoms with Crippen LogP contribution in [0, 0.1) is 0 Å². The molecular weight excluding hydrogens is 363 g/mol. The maximum Gasteiger partial charge on any atom is 0.259 e. The monoisotopic (exact) mass is 380 g/mol. The van der Waals surface area contributed by atoms with E-state index in [0.717, 1.165) is 29.8 Å². The second kappa shape index (κ2) is 5.38. The van der Waals surface area contributed by atoms with Gasteiger partial charge in [0.15, 0.2) is 5.82 Å². The van der Waals surface area contributed by atoms with Crippen molar-refractivity contribution in [3.63, 3.8) is 0 Å². The van der Waals surface area contributed by atoms with Crippen LogP contribution in [0.15, 0.2) is 36.7 Å². The van der Waals surface area contributed by atoms with Crippen molar-refractivity contribution in [3.8, 4) is 17.3 Å². The number of fused-ring (bicyclic) bond motifs is 6. The van der Waals surface area contributed by atoms with Crippen molar-refractivity contribution in [2.75, 3.05) is 18.2 Å². The smallest absolute Gasteiger partial charge is 0.259 e. The fourth-order valence-electron chi connectivity index (χ4n) is 4.11. The van der Waals surface area contributed by atoms with Gasteiger partial charge in [-0.15, -0.1) is 15.3 Å². The van der Waals surface area contributed by atoms with Crippen LogP contribution >= 0.6 is 0 Å². The normalized spacial score (nSPS) is 22.9. The second-order valence-corrected chi connectivity index (χ2v) is 7.36. The maximum atomic E-state index is 14.1. The second-order valence-electron chi connectivity index (χ2n) is 7.36. The Hall–Kier alpha value is -3.27. The number of nitrogens with zero attached hydrogens (tertiary/aromatic N) is 8. The van der Waals surface area contributed by atoms with E-state index in [4.69, 9.17) is 4.74 Å². The molecule has 3 aliphatic rings. The summed E-state index contributed by atoms with van der Waals surface area (Å²) in [4.78, 5) is 1.88. The van der Waals surface area contributed by atoms with Crippen molar-refractivity contribution >= 4 is 11.5 Å². The van der Waals surface area contributed by atoms with Gasteiger partial charge in [0.25, 0.3) is 5.95 Å². The molecule has 1 fully saturated rings. The highest BCUT2D eigenvalue weighted by Gasteiger charge is 2.38. The van der Waals surface area contributed by atoms with Gasteiger partial charge in [-0.05, 0) is 31.9 Å². The molecule has 6 rings (SSSR count). The van der Waals surface area contributed by atoms with Crippen LogP contribution in [0.3, 0.4) is 0 Å². The number of hydrogen-bond acceptors (Lipinski definition) is 7. The molecule has 5 heterocycles. The number of benzene rings is 1. The number of para-hydroxylation sites is 1. The Morgan fingerprint density at radius 1 is 1.18 bits per heavy atom. The molecule has 0 bridgehead atoms. The Labute approximate surface area is 159 Å². The van der Waals surface area contributed by atoms with Crippen LogP contribution in [0.5, 0.6) is 0 Å². The van der Waals surface area contributed by atoms with E-state index >= 15 is 0 Å². The average molecular weight is 380 g/mol. The lowest BCUT2D eigenvalue weighted by Crippen LogP contribution is -2.29. The Morgan fingerprint density at radius 2 is 2.07 bits per heavy atom. The Morgan fingerprint density at radius 3 is 2.93 bits per heavy atom. The molecule has 0 spiro atoms. The molecule has 10 heteroatoms. The van der Waals surface area contributed by atoms with Crippen LogP contribution in [0.1, 0.15) is 25.5 Å². The van der Waals surface area contributed by atoms with E-state index in [9.17, 15) is 4.48 Å². The van der Waals surface area contributed by atoms with Gasteiger partial charge in [0, 0.05) is 12.2 Å². The van der Waals surface area contributed by atoms with E-state index < -0.39 is 5.60 Å². The minimum absolute atomic E-state index is 0.109. The molecule has 1 aromatic carbocycles. The average Bonchev–Trinajstić information content (AvgIpc) is 3.46. The lowest BCUT2D eigenvalue weighted by atomic mass is 10.00. The zero-order valence-corrected chi connectivity index (χ0v) is 15.2. The summed E-state index contributed by atoms with van der Waals surface area (Å²) in [6, 6.07) is 7.77. The zero-order valence-electron chi connectivity index (χ0n) is 15.2. The zero-order chi connectivity index (χ0) is 18.9. The molecule has 28 heavy (non-hydrogen) atoms. The number of anilines is 1. The maximum absolute atomic E-state index is 14.1. The van der Waals surface area contributed by atoms with Crippen molar-refractivity contribution in [3.05, 3.63) is 42.4 Å². The molecule has 2 aromatic heterocycles. The molecule has 9 nitrogen and oxygen atoms in total. The first-order chi connectivity index (χ1) is 13.6. The summed E-state index contributed by atoms with van der Waals surface area (Å²) < 4.78 is 23.4. The third-order valence-corrected chi connectivity index (χ3v) is 5.58. The first kappa shape index (κ1) is 15.8. The SMILES string of the molecule is CC1(c2cn(-c3nnc4n3C3=CN(F)CN3c3ccccc3-4)nn2)CCCO1. The van der Waals surface area contributed by atoms with Crippen LogP contribution in [0.2, 0.25) is 0 Å². The molecule has 1 saturated heterocycles. The topological polar surface area (TPSA) is 77.1 Å². The van der Waals surface area contributed by atoms with Crippen molar-refractivity contribution in [2.45, 2.75) is 25.4 Å². The largest absolute Gasteiger partial charge is 0.369 e. The first-order valence-corrected chi connectivity index (χ1v) is 9.18. The van der Waals surface area contributed by atoms with E-state index in [1.54, 1.807) is 9.25 Å². The van der Waals surface area contributed by atoms with E-state index in [1.807, 2.05) is 42.3 Å². The first-order valence-electron chi connectivity index (χ1n) is 9.18. The third kappa shape index (κ3) is 2.03. The molecule has 3 aromatic rings. The quantitative estimate of drug-likeness (QED) is 0.631. The van der Waals surface area contributed by atoms with Crippen molar-refractivity contribution in [1.29, 1.82) is 0 Å². The van der Waals surface area contributed by atoms with Gasteiger partial charge < -0.3 is 9.64 Å². The van der Waals surface area contributed by atoms with Gasteiger partial charge in [-0.3, -0.25) is 0 Å². The predicted molar refractivity (Wildman–Crippen MR) is 97.5 cm³/mol. The molecule has 0 amide bonds. The van der Waals surface area contributed by atoms with Crippen LogP contribution in [-0.2, 0) is 10.3 Å². The molecule has 1 atom stereocenters.